The number of aromatic nitrogens is 5. The van der Waals surface area contributed by atoms with Gasteiger partial charge in [0.2, 0.25) is 0 Å². The molecule has 1 aliphatic heterocycles. The van der Waals surface area contributed by atoms with Crippen LogP contribution in [-0.4, -0.2) is 45.2 Å². The molecular weight excluding hydrogens is 572 g/mol. The van der Waals surface area contributed by atoms with Crippen LogP contribution >= 0.6 is 0 Å². The number of aryl methyl sites for hydroxylation is 1. The third-order valence-corrected chi connectivity index (χ3v) is 9.44. The lowest BCUT2D eigenvalue weighted by Gasteiger charge is -2.24. The molecule has 1 aliphatic rings. The fraction of sp³-hybridized carbons (Fsp3) is 0.387. The summed E-state index contributed by atoms with van der Waals surface area (Å²) < 4.78 is 51.5. The third kappa shape index (κ3) is 5.99. The molecule has 0 N–H and O–H groups in total. The Kier molecular flexibility index (Phi) is 7.92. The Labute approximate surface area is 248 Å². The largest absolute Gasteiger partial charge is 0.454 e. The Morgan fingerprint density at radius 3 is 2.67 bits per heavy atom. The molecule has 43 heavy (non-hydrogen) atoms. The monoisotopic (exact) mass is 607 g/mol. The number of hydrogen-bond acceptors (Lipinski definition) is 6. The summed E-state index contributed by atoms with van der Waals surface area (Å²) in [7, 11) is 0.390. The summed E-state index contributed by atoms with van der Waals surface area (Å²) >= 11 is 0. The first-order chi connectivity index (χ1) is 20.6. The molecule has 0 saturated carbocycles. The van der Waals surface area contributed by atoms with Gasteiger partial charge in [0, 0.05) is 63.2 Å². The zero-order chi connectivity index (χ0) is 30.3. The zero-order valence-corrected chi connectivity index (χ0v) is 25.8. The predicted molar refractivity (Wildman–Crippen MR) is 163 cm³/mol. The summed E-state index contributed by atoms with van der Waals surface area (Å²) in [5.41, 5.74) is 2.84. The molecule has 1 saturated heterocycles. The molecule has 1 unspecified atom stereocenters. The second-order valence-electron chi connectivity index (χ2n) is 12.2. The summed E-state index contributed by atoms with van der Waals surface area (Å²) in [4.78, 5) is 18.0. The SMILES string of the molecule is Cn1cc(-c2cc3c(cc2Oc2ccc(F)cc2F)ncn3C2CCCCO2)c2cnn(COCC[Si](C)(C)C)c2c1=O. The van der Waals surface area contributed by atoms with Crippen LogP contribution in [0.1, 0.15) is 25.5 Å². The lowest BCUT2D eigenvalue weighted by Crippen LogP contribution is -2.23. The van der Waals surface area contributed by atoms with Gasteiger partial charge in [-0.15, -0.1) is 0 Å². The lowest BCUT2D eigenvalue weighted by atomic mass is 10.0. The van der Waals surface area contributed by atoms with Gasteiger partial charge < -0.3 is 23.3 Å². The number of nitrogens with zero attached hydrogens (tertiary/aromatic N) is 5. The number of hydrogen-bond donors (Lipinski definition) is 0. The van der Waals surface area contributed by atoms with E-state index in [1.165, 1.54) is 10.6 Å². The molecule has 9 nitrogen and oxygen atoms in total. The summed E-state index contributed by atoms with van der Waals surface area (Å²) in [6, 6.07) is 7.81. The quantitative estimate of drug-likeness (QED) is 0.135. The normalized spacial score (nSPS) is 15.9. The van der Waals surface area contributed by atoms with Gasteiger partial charge in [0.1, 0.15) is 30.0 Å². The van der Waals surface area contributed by atoms with Gasteiger partial charge in [-0.3, -0.25) is 4.79 Å². The fourth-order valence-electron chi connectivity index (χ4n) is 5.34. The maximum atomic E-state index is 14.8. The van der Waals surface area contributed by atoms with Crippen molar-refractivity contribution in [2.45, 2.75) is 57.9 Å². The molecule has 2 aromatic carbocycles. The summed E-state index contributed by atoms with van der Waals surface area (Å²) in [5, 5.41) is 5.11. The second-order valence-corrected chi connectivity index (χ2v) is 17.8. The minimum atomic E-state index is -1.28. The van der Waals surface area contributed by atoms with Crippen molar-refractivity contribution in [1.82, 2.24) is 23.9 Å². The highest BCUT2D eigenvalue weighted by molar-refractivity contribution is 6.76. The number of imidazole rings is 1. The summed E-state index contributed by atoms with van der Waals surface area (Å²) in [5.74, 6) is -1.37. The van der Waals surface area contributed by atoms with Crippen molar-refractivity contribution in [3.8, 4) is 22.6 Å². The molecule has 0 bridgehead atoms. The number of fused-ring (bicyclic) bond motifs is 2. The van der Waals surface area contributed by atoms with E-state index in [1.54, 1.807) is 36.5 Å². The molecule has 5 aromatic rings. The van der Waals surface area contributed by atoms with Crippen LogP contribution in [-0.2, 0) is 23.3 Å². The number of benzene rings is 2. The van der Waals surface area contributed by atoms with Crippen molar-refractivity contribution in [3.05, 3.63) is 71.0 Å². The van der Waals surface area contributed by atoms with Crippen molar-refractivity contribution in [3.63, 3.8) is 0 Å². The van der Waals surface area contributed by atoms with Crippen LogP contribution in [0.25, 0.3) is 33.1 Å². The molecule has 4 heterocycles. The summed E-state index contributed by atoms with van der Waals surface area (Å²) in [6.45, 7) is 8.24. The van der Waals surface area contributed by atoms with E-state index in [4.69, 9.17) is 14.2 Å². The average Bonchev–Trinajstić information content (AvgIpc) is 3.58. The van der Waals surface area contributed by atoms with Crippen molar-refractivity contribution < 1.29 is 23.0 Å². The van der Waals surface area contributed by atoms with E-state index in [1.807, 2.05) is 10.6 Å². The van der Waals surface area contributed by atoms with Crippen molar-refractivity contribution in [2.24, 2.45) is 7.05 Å². The van der Waals surface area contributed by atoms with Gasteiger partial charge in [-0.2, -0.15) is 5.10 Å². The Balaban J connectivity index is 1.49. The second kappa shape index (κ2) is 11.7. The molecule has 0 amide bonds. The van der Waals surface area contributed by atoms with Crippen LogP contribution in [0.4, 0.5) is 8.78 Å². The molecule has 3 aromatic heterocycles. The molecule has 0 aliphatic carbocycles. The van der Waals surface area contributed by atoms with E-state index in [2.05, 4.69) is 29.7 Å². The van der Waals surface area contributed by atoms with Crippen molar-refractivity contribution in [2.75, 3.05) is 13.2 Å². The Morgan fingerprint density at radius 2 is 1.93 bits per heavy atom. The number of halogens is 2. The van der Waals surface area contributed by atoms with Crippen molar-refractivity contribution in [1.29, 1.82) is 0 Å². The minimum absolute atomic E-state index is 0.135. The van der Waals surface area contributed by atoms with Gasteiger partial charge in [0.15, 0.2) is 11.6 Å². The smallest absolute Gasteiger partial charge is 0.276 e. The highest BCUT2D eigenvalue weighted by Crippen LogP contribution is 2.40. The van der Waals surface area contributed by atoms with E-state index in [0.29, 0.717) is 46.5 Å². The highest BCUT2D eigenvalue weighted by atomic mass is 28.3. The molecule has 0 spiro atoms. The van der Waals surface area contributed by atoms with Gasteiger partial charge in [0.25, 0.3) is 5.56 Å². The van der Waals surface area contributed by atoms with Crippen LogP contribution in [0.3, 0.4) is 0 Å². The molecule has 1 fully saturated rings. The highest BCUT2D eigenvalue weighted by Gasteiger charge is 2.23. The van der Waals surface area contributed by atoms with E-state index in [0.717, 1.165) is 43.0 Å². The molecule has 6 rings (SSSR count). The third-order valence-electron chi connectivity index (χ3n) is 7.73. The topological polar surface area (TPSA) is 85.3 Å². The molecular formula is C31H35F2N5O4Si. The maximum Gasteiger partial charge on any atom is 0.276 e. The Morgan fingerprint density at radius 1 is 1.09 bits per heavy atom. The molecule has 226 valence electrons. The van der Waals surface area contributed by atoms with Gasteiger partial charge in [-0.05, 0) is 43.5 Å². The summed E-state index contributed by atoms with van der Waals surface area (Å²) in [6.07, 6.45) is 7.84. The number of ether oxygens (including phenoxy) is 3. The Hall–Kier alpha value is -3.87. The van der Waals surface area contributed by atoms with Gasteiger partial charge >= 0.3 is 0 Å². The van der Waals surface area contributed by atoms with E-state index < -0.39 is 19.7 Å². The average molecular weight is 608 g/mol. The number of pyridine rings is 1. The zero-order valence-electron chi connectivity index (χ0n) is 24.8. The first-order valence-corrected chi connectivity index (χ1v) is 18.2. The Bertz CT molecular complexity index is 1850. The number of rotatable bonds is 9. The van der Waals surface area contributed by atoms with Crippen LogP contribution in [0.15, 0.2) is 53.8 Å². The van der Waals surface area contributed by atoms with E-state index >= 15 is 0 Å². The van der Waals surface area contributed by atoms with Crippen LogP contribution in [0.5, 0.6) is 11.5 Å². The van der Waals surface area contributed by atoms with Gasteiger partial charge in [-0.1, -0.05) is 19.6 Å². The predicted octanol–water partition coefficient (Wildman–Crippen LogP) is 6.83. The molecule has 12 heteroatoms. The maximum absolute atomic E-state index is 14.8. The van der Waals surface area contributed by atoms with Gasteiger partial charge in [-0.25, -0.2) is 18.4 Å². The van der Waals surface area contributed by atoms with E-state index in [9.17, 15) is 13.6 Å². The molecule has 0 radical (unpaired) electrons. The van der Waals surface area contributed by atoms with Crippen LogP contribution < -0.4 is 10.3 Å². The lowest BCUT2D eigenvalue weighted by molar-refractivity contribution is -0.0295. The van der Waals surface area contributed by atoms with Gasteiger partial charge in [0.05, 0.1) is 23.6 Å². The van der Waals surface area contributed by atoms with E-state index in [-0.39, 0.29) is 24.3 Å². The van der Waals surface area contributed by atoms with Crippen LogP contribution in [0.2, 0.25) is 25.7 Å². The van der Waals surface area contributed by atoms with Crippen LogP contribution in [0, 0.1) is 11.6 Å². The first-order valence-electron chi connectivity index (χ1n) is 14.5. The first kappa shape index (κ1) is 29.2. The minimum Gasteiger partial charge on any atom is -0.454 e. The standard InChI is InChI=1S/C31H35F2N5O4Si/c1-36-17-23(22-16-35-38(30(22)31(36)39)19-40-11-12-43(2,3)4)21-14-26-25(34-18-37(26)29-7-5-6-10-41-29)15-28(21)42-27-9-8-20(32)13-24(27)33/h8-9,13-18,29H,5-7,10-12,19H2,1-4H3. The molecule has 1 atom stereocenters. The van der Waals surface area contributed by atoms with Crippen molar-refractivity contribution >= 4 is 30.0 Å². The fourth-order valence-corrected chi connectivity index (χ4v) is 6.09.